The molecule has 32 heavy (non-hydrogen) atoms. The molecule has 0 radical (unpaired) electrons. The zero-order valence-corrected chi connectivity index (χ0v) is 19.2. The number of aromatic nitrogens is 1. The smallest absolute Gasteiger partial charge is 0.407 e. The third-order valence-electron chi connectivity index (χ3n) is 4.60. The maximum atomic E-state index is 12.8. The van der Waals surface area contributed by atoms with Crippen LogP contribution in [0, 0.1) is 5.92 Å². The third-order valence-corrected chi connectivity index (χ3v) is 5.16. The fraction of sp³-hybridized carbons (Fsp3) is 0.261. The molecule has 0 saturated carbocycles. The van der Waals surface area contributed by atoms with Crippen molar-refractivity contribution in [1.82, 2.24) is 15.7 Å². The van der Waals surface area contributed by atoms with Gasteiger partial charge in [0.15, 0.2) is 0 Å². The van der Waals surface area contributed by atoms with Crippen LogP contribution in [0.25, 0.3) is 10.9 Å². The molecule has 3 N–H and O–H groups in total. The molecule has 1 atom stereocenters. The highest BCUT2D eigenvalue weighted by molar-refractivity contribution is 6.36. The number of ether oxygens (including phenoxy) is 1. The molecule has 2 aromatic carbocycles. The molecule has 0 spiro atoms. The van der Waals surface area contributed by atoms with Gasteiger partial charge in [-0.25, -0.2) is 10.2 Å². The third kappa shape index (κ3) is 6.48. The first kappa shape index (κ1) is 23.6. The molecule has 1 aromatic heterocycles. The SMILES string of the molecule is CC(C)COC(=O)N[C@@H](Cc1c[nH]c2ccccc12)C(=O)N/N=C\c1ccc(Cl)cc1Cl. The molecule has 0 unspecified atom stereocenters. The lowest BCUT2D eigenvalue weighted by Gasteiger charge is -2.17. The molecule has 0 bridgehead atoms. The van der Waals surface area contributed by atoms with E-state index < -0.39 is 18.0 Å². The molecule has 3 aromatic rings. The number of fused-ring (bicyclic) bond motifs is 1. The standard InChI is InChI=1S/C23H24Cl2N4O3/c1-14(2)13-32-23(31)28-21(9-16-11-26-20-6-4-3-5-18(16)20)22(30)29-27-12-15-7-8-17(24)10-19(15)25/h3-8,10-12,14,21,26H,9,13H2,1-2H3,(H,28,31)(H,29,30)/b27-12-/t21-/m0/s1. The van der Waals surface area contributed by atoms with Crippen molar-refractivity contribution in [1.29, 1.82) is 0 Å². The molecular weight excluding hydrogens is 451 g/mol. The molecule has 168 valence electrons. The van der Waals surface area contributed by atoms with Crippen LogP contribution >= 0.6 is 23.2 Å². The lowest BCUT2D eigenvalue weighted by Crippen LogP contribution is -2.47. The summed E-state index contributed by atoms with van der Waals surface area (Å²) in [6.07, 6.45) is 2.83. The first-order chi connectivity index (χ1) is 15.3. The van der Waals surface area contributed by atoms with Gasteiger partial charge in [-0.2, -0.15) is 5.10 Å². The van der Waals surface area contributed by atoms with Gasteiger partial charge in [-0.15, -0.1) is 0 Å². The zero-order chi connectivity index (χ0) is 23.1. The minimum atomic E-state index is -0.897. The van der Waals surface area contributed by atoms with Gasteiger partial charge in [0.05, 0.1) is 17.8 Å². The largest absolute Gasteiger partial charge is 0.449 e. The highest BCUT2D eigenvalue weighted by atomic mass is 35.5. The number of amides is 2. The highest BCUT2D eigenvalue weighted by Gasteiger charge is 2.23. The van der Waals surface area contributed by atoms with Gasteiger partial charge in [-0.05, 0) is 29.7 Å². The van der Waals surface area contributed by atoms with Crippen molar-refractivity contribution in [3.8, 4) is 0 Å². The van der Waals surface area contributed by atoms with Crippen LogP contribution in [0.5, 0.6) is 0 Å². The summed E-state index contributed by atoms with van der Waals surface area (Å²) in [7, 11) is 0. The summed E-state index contributed by atoms with van der Waals surface area (Å²) in [6, 6.07) is 11.8. The summed E-state index contributed by atoms with van der Waals surface area (Å²) in [4.78, 5) is 28.3. The number of halogens is 2. The Hall–Kier alpha value is -3.03. The van der Waals surface area contributed by atoms with E-state index >= 15 is 0 Å². The van der Waals surface area contributed by atoms with E-state index in [0.717, 1.165) is 16.5 Å². The van der Waals surface area contributed by atoms with Crippen molar-refractivity contribution >= 4 is 52.3 Å². The summed E-state index contributed by atoms with van der Waals surface area (Å²) in [5.41, 5.74) is 4.88. The summed E-state index contributed by atoms with van der Waals surface area (Å²) in [5, 5.41) is 8.49. The Morgan fingerprint density at radius 3 is 2.72 bits per heavy atom. The van der Waals surface area contributed by atoms with Crippen LogP contribution in [0.2, 0.25) is 10.0 Å². The second kappa shape index (κ2) is 11.0. The van der Waals surface area contributed by atoms with E-state index in [-0.39, 0.29) is 18.9 Å². The Balaban J connectivity index is 1.73. The average Bonchev–Trinajstić information content (AvgIpc) is 3.16. The predicted octanol–water partition coefficient (Wildman–Crippen LogP) is 4.92. The highest BCUT2D eigenvalue weighted by Crippen LogP contribution is 2.20. The van der Waals surface area contributed by atoms with Crippen LogP contribution in [0.1, 0.15) is 25.0 Å². The number of alkyl carbamates (subject to hydrolysis) is 1. The Kier molecular flexibility index (Phi) is 8.14. The molecule has 1 heterocycles. The molecule has 0 aliphatic carbocycles. The Morgan fingerprint density at radius 1 is 1.19 bits per heavy atom. The van der Waals surface area contributed by atoms with E-state index in [1.165, 1.54) is 6.21 Å². The van der Waals surface area contributed by atoms with E-state index in [0.29, 0.717) is 15.6 Å². The van der Waals surface area contributed by atoms with Crippen LogP contribution in [0.4, 0.5) is 4.79 Å². The number of nitrogens with one attached hydrogen (secondary N) is 3. The molecule has 0 aliphatic rings. The Bertz CT molecular complexity index is 1130. The number of benzene rings is 2. The number of H-pyrrole nitrogens is 1. The molecule has 7 nitrogen and oxygen atoms in total. The minimum Gasteiger partial charge on any atom is -0.449 e. The van der Waals surface area contributed by atoms with Crippen molar-refractivity contribution in [2.24, 2.45) is 11.0 Å². The normalized spacial score (nSPS) is 12.3. The lowest BCUT2D eigenvalue weighted by atomic mass is 10.0. The molecule has 0 fully saturated rings. The molecule has 0 aliphatic heterocycles. The predicted molar refractivity (Wildman–Crippen MR) is 127 cm³/mol. The van der Waals surface area contributed by atoms with Gasteiger partial charge in [0.2, 0.25) is 0 Å². The first-order valence-corrected chi connectivity index (χ1v) is 10.9. The van der Waals surface area contributed by atoms with E-state index in [1.807, 2.05) is 44.3 Å². The first-order valence-electron chi connectivity index (χ1n) is 10.1. The van der Waals surface area contributed by atoms with Crippen LogP contribution < -0.4 is 10.7 Å². The van der Waals surface area contributed by atoms with Crippen LogP contribution in [0.15, 0.2) is 53.8 Å². The number of hydrazone groups is 1. The summed E-state index contributed by atoms with van der Waals surface area (Å²) < 4.78 is 5.19. The molecule has 3 rings (SSSR count). The van der Waals surface area contributed by atoms with Crippen molar-refractivity contribution < 1.29 is 14.3 Å². The van der Waals surface area contributed by atoms with Crippen molar-refractivity contribution in [2.45, 2.75) is 26.3 Å². The number of aromatic amines is 1. The van der Waals surface area contributed by atoms with Gasteiger partial charge in [0.1, 0.15) is 6.04 Å². The van der Waals surface area contributed by atoms with Gasteiger partial charge < -0.3 is 15.0 Å². The zero-order valence-electron chi connectivity index (χ0n) is 17.7. The fourth-order valence-electron chi connectivity index (χ4n) is 3.01. The van der Waals surface area contributed by atoms with E-state index in [4.69, 9.17) is 27.9 Å². The maximum Gasteiger partial charge on any atom is 0.407 e. The van der Waals surface area contributed by atoms with Crippen molar-refractivity contribution in [3.63, 3.8) is 0 Å². The number of rotatable bonds is 8. The molecule has 9 heteroatoms. The topological polar surface area (TPSA) is 95.6 Å². The van der Waals surface area contributed by atoms with Gasteiger partial charge in [-0.3, -0.25) is 4.79 Å². The van der Waals surface area contributed by atoms with Crippen molar-refractivity contribution in [2.75, 3.05) is 6.61 Å². The van der Waals surface area contributed by atoms with E-state index in [2.05, 4.69) is 20.8 Å². The lowest BCUT2D eigenvalue weighted by molar-refractivity contribution is -0.123. The molecular formula is C23H24Cl2N4O3. The van der Waals surface area contributed by atoms with Crippen LogP contribution in [-0.2, 0) is 16.0 Å². The van der Waals surface area contributed by atoms with Gasteiger partial charge in [0.25, 0.3) is 5.91 Å². The quantitative estimate of drug-likeness (QED) is 0.319. The molecule has 2 amide bonds. The number of hydrogen-bond donors (Lipinski definition) is 3. The number of nitrogens with zero attached hydrogens (tertiary/aromatic N) is 1. The number of carbonyl (C=O) groups excluding carboxylic acids is 2. The van der Waals surface area contributed by atoms with Crippen LogP contribution in [0.3, 0.4) is 0 Å². The monoisotopic (exact) mass is 474 g/mol. The second-order valence-corrected chi connectivity index (χ2v) is 8.50. The summed E-state index contributed by atoms with van der Waals surface area (Å²) in [5.74, 6) is -0.312. The number of carbonyl (C=O) groups is 2. The summed E-state index contributed by atoms with van der Waals surface area (Å²) >= 11 is 12.0. The fourth-order valence-corrected chi connectivity index (χ4v) is 3.46. The Morgan fingerprint density at radius 2 is 1.97 bits per heavy atom. The average molecular weight is 475 g/mol. The van der Waals surface area contributed by atoms with Crippen molar-refractivity contribution in [3.05, 3.63) is 69.8 Å². The maximum absolute atomic E-state index is 12.8. The van der Waals surface area contributed by atoms with Gasteiger partial charge in [-0.1, -0.05) is 61.3 Å². The van der Waals surface area contributed by atoms with E-state index in [1.54, 1.807) is 18.2 Å². The van der Waals surface area contributed by atoms with E-state index in [9.17, 15) is 9.59 Å². The minimum absolute atomic E-state index is 0.176. The summed E-state index contributed by atoms with van der Waals surface area (Å²) in [6.45, 7) is 4.11. The Labute approximate surface area is 196 Å². The second-order valence-electron chi connectivity index (χ2n) is 7.65. The van der Waals surface area contributed by atoms with Gasteiger partial charge >= 0.3 is 6.09 Å². The number of hydrogen-bond acceptors (Lipinski definition) is 4. The number of para-hydroxylation sites is 1. The molecule has 0 saturated heterocycles. The van der Waals surface area contributed by atoms with Crippen LogP contribution in [-0.4, -0.2) is 35.8 Å². The van der Waals surface area contributed by atoms with Gasteiger partial charge in [0, 0.05) is 34.1 Å².